The standard InChI is InChI=1S/C32H36F3N5O3S/c1-21(41)39-13-10-28-26(19-39)31(36-40(28)18-25(42)17-37-15-23-6-2-3-7-24(23)16-37)22-8-9-27(32(33,34)35)29(14-22)44-20-30(43)38-11-4-5-12-38/h2-3,6-9,14,25,42H,4-5,10-13,15-20H2,1H3. The van der Waals surface area contributed by atoms with E-state index in [1.165, 1.54) is 30.2 Å². The Morgan fingerprint density at radius 3 is 2.34 bits per heavy atom. The highest BCUT2D eigenvalue weighted by atomic mass is 32.2. The molecule has 1 unspecified atom stereocenters. The minimum absolute atomic E-state index is 0.0290. The zero-order chi connectivity index (χ0) is 31.0. The Morgan fingerprint density at radius 2 is 1.68 bits per heavy atom. The lowest BCUT2D eigenvalue weighted by Gasteiger charge is -2.27. The van der Waals surface area contributed by atoms with E-state index in [4.69, 9.17) is 5.10 Å². The second-order valence-electron chi connectivity index (χ2n) is 11.8. The van der Waals surface area contributed by atoms with Crippen LogP contribution in [-0.4, -0.2) is 79.4 Å². The summed E-state index contributed by atoms with van der Waals surface area (Å²) in [6.07, 6.45) is -2.96. The molecule has 2 amide bonds. The second kappa shape index (κ2) is 12.6. The summed E-state index contributed by atoms with van der Waals surface area (Å²) < 4.78 is 43.8. The molecule has 3 aliphatic heterocycles. The summed E-state index contributed by atoms with van der Waals surface area (Å²) in [7, 11) is 0. The van der Waals surface area contributed by atoms with E-state index >= 15 is 0 Å². The van der Waals surface area contributed by atoms with Gasteiger partial charge in [0.05, 0.1) is 29.7 Å². The highest BCUT2D eigenvalue weighted by Gasteiger charge is 2.35. The van der Waals surface area contributed by atoms with Gasteiger partial charge >= 0.3 is 6.18 Å². The molecule has 44 heavy (non-hydrogen) atoms. The van der Waals surface area contributed by atoms with Crippen LogP contribution in [0.4, 0.5) is 13.2 Å². The van der Waals surface area contributed by atoms with Crippen molar-refractivity contribution >= 4 is 23.6 Å². The predicted molar refractivity (Wildman–Crippen MR) is 161 cm³/mol. The molecule has 0 saturated carbocycles. The Morgan fingerprint density at radius 1 is 0.977 bits per heavy atom. The van der Waals surface area contributed by atoms with Crippen LogP contribution in [0.2, 0.25) is 0 Å². The van der Waals surface area contributed by atoms with Crippen molar-refractivity contribution in [1.29, 1.82) is 0 Å². The van der Waals surface area contributed by atoms with Crippen LogP contribution >= 0.6 is 11.8 Å². The quantitative estimate of drug-likeness (QED) is 0.369. The zero-order valence-corrected chi connectivity index (χ0v) is 25.5. The largest absolute Gasteiger partial charge is 0.417 e. The Hall–Kier alpha value is -3.35. The van der Waals surface area contributed by atoms with Gasteiger partial charge in [0.2, 0.25) is 11.8 Å². The van der Waals surface area contributed by atoms with Crippen LogP contribution in [0.5, 0.6) is 0 Å². The summed E-state index contributed by atoms with van der Waals surface area (Å²) in [5, 5.41) is 15.9. The second-order valence-corrected chi connectivity index (χ2v) is 12.8. The molecule has 6 rings (SSSR count). The number of fused-ring (bicyclic) bond motifs is 2. The van der Waals surface area contributed by atoms with Gasteiger partial charge in [0.25, 0.3) is 0 Å². The number of carbonyl (C=O) groups is 2. The molecule has 0 spiro atoms. The number of β-amino-alcohol motifs (C(OH)–C–C–N with tert-alkyl or cyclic N) is 1. The number of rotatable bonds is 8. The maximum Gasteiger partial charge on any atom is 0.417 e. The molecule has 0 aliphatic carbocycles. The zero-order valence-electron chi connectivity index (χ0n) is 24.6. The van der Waals surface area contributed by atoms with Crippen LogP contribution < -0.4 is 0 Å². The Labute approximate surface area is 258 Å². The molecule has 8 nitrogen and oxygen atoms in total. The first-order valence-electron chi connectivity index (χ1n) is 15.0. The fourth-order valence-corrected chi connectivity index (χ4v) is 7.46. The van der Waals surface area contributed by atoms with Gasteiger partial charge in [0.15, 0.2) is 0 Å². The summed E-state index contributed by atoms with van der Waals surface area (Å²) in [6.45, 7) is 5.75. The van der Waals surface area contributed by atoms with E-state index < -0.39 is 17.8 Å². The fraction of sp³-hybridized carbons (Fsp3) is 0.469. The SMILES string of the molecule is CC(=O)N1CCc2c(c(-c3ccc(C(F)(F)F)c(SCC(=O)N4CCCC4)c3)nn2CC(O)CN2Cc3ccccc3C2)C1. The first kappa shape index (κ1) is 30.7. The van der Waals surface area contributed by atoms with Gasteiger partial charge in [0, 0.05) is 80.9 Å². The average molecular weight is 628 g/mol. The lowest BCUT2D eigenvalue weighted by atomic mass is 9.99. The minimum Gasteiger partial charge on any atom is -0.390 e. The number of carbonyl (C=O) groups excluding carboxylic acids is 2. The molecule has 1 atom stereocenters. The van der Waals surface area contributed by atoms with Crippen LogP contribution in [0.25, 0.3) is 11.3 Å². The van der Waals surface area contributed by atoms with Gasteiger partial charge in [0.1, 0.15) is 0 Å². The van der Waals surface area contributed by atoms with Crippen molar-refractivity contribution in [3.8, 4) is 11.3 Å². The fourth-order valence-electron chi connectivity index (χ4n) is 6.45. The molecule has 0 bridgehead atoms. The molecule has 1 fully saturated rings. The van der Waals surface area contributed by atoms with Crippen molar-refractivity contribution < 1.29 is 27.9 Å². The molecule has 1 N–H and O–H groups in total. The minimum atomic E-state index is -4.58. The van der Waals surface area contributed by atoms with Crippen LogP contribution in [0.1, 0.15) is 47.7 Å². The number of hydrogen-bond acceptors (Lipinski definition) is 6. The first-order chi connectivity index (χ1) is 21.1. The van der Waals surface area contributed by atoms with Crippen molar-refractivity contribution in [2.75, 3.05) is 31.9 Å². The van der Waals surface area contributed by atoms with E-state index in [1.54, 1.807) is 14.5 Å². The van der Waals surface area contributed by atoms with E-state index in [0.717, 1.165) is 55.0 Å². The molecular formula is C32H36F3N5O3S. The summed E-state index contributed by atoms with van der Waals surface area (Å²) in [4.78, 5) is 30.5. The van der Waals surface area contributed by atoms with Gasteiger partial charge in [-0.2, -0.15) is 18.3 Å². The lowest BCUT2D eigenvalue weighted by molar-refractivity contribution is -0.139. The number of amides is 2. The van der Waals surface area contributed by atoms with Crippen molar-refractivity contribution in [3.05, 3.63) is 70.4 Å². The van der Waals surface area contributed by atoms with Crippen molar-refractivity contribution in [1.82, 2.24) is 24.5 Å². The van der Waals surface area contributed by atoms with Gasteiger partial charge in [-0.1, -0.05) is 30.3 Å². The van der Waals surface area contributed by atoms with E-state index in [0.29, 0.717) is 43.9 Å². The third-order valence-electron chi connectivity index (χ3n) is 8.71. The number of aliphatic hydroxyl groups excluding tert-OH is 1. The van der Waals surface area contributed by atoms with Gasteiger partial charge in [-0.25, -0.2) is 0 Å². The van der Waals surface area contributed by atoms with Crippen molar-refractivity contribution in [2.45, 2.75) is 69.5 Å². The third-order valence-corrected chi connectivity index (χ3v) is 9.75. The number of nitrogens with zero attached hydrogens (tertiary/aromatic N) is 5. The number of aliphatic hydroxyl groups is 1. The Kier molecular flexibility index (Phi) is 8.76. The summed E-state index contributed by atoms with van der Waals surface area (Å²) in [5.41, 5.74) is 4.34. The van der Waals surface area contributed by atoms with Gasteiger partial charge in [-0.05, 0) is 36.1 Å². The highest BCUT2D eigenvalue weighted by molar-refractivity contribution is 8.00. The van der Waals surface area contributed by atoms with Crippen LogP contribution in [0.15, 0.2) is 47.4 Å². The average Bonchev–Trinajstić information content (AvgIpc) is 3.74. The van der Waals surface area contributed by atoms with Crippen molar-refractivity contribution in [3.63, 3.8) is 0 Å². The number of thioether (sulfide) groups is 1. The van der Waals surface area contributed by atoms with E-state index in [-0.39, 0.29) is 35.6 Å². The number of likely N-dealkylation sites (tertiary alicyclic amines) is 1. The smallest absolute Gasteiger partial charge is 0.390 e. The maximum atomic E-state index is 14.0. The first-order valence-corrected chi connectivity index (χ1v) is 16.0. The molecule has 12 heteroatoms. The van der Waals surface area contributed by atoms with Crippen LogP contribution in [0.3, 0.4) is 0 Å². The predicted octanol–water partition coefficient (Wildman–Crippen LogP) is 4.56. The summed E-state index contributed by atoms with van der Waals surface area (Å²) in [5.74, 6) is -0.337. The Balaban J connectivity index is 1.27. The number of hydrogen-bond donors (Lipinski definition) is 1. The van der Waals surface area contributed by atoms with Crippen molar-refractivity contribution in [2.24, 2.45) is 0 Å². The molecule has 1 aromatic heterocycles. The number of aromatic nitrogens is 2. The molecule has 234 valence electrons. The van der Waals surface area contributed by atoms with Gasteiger partial charge < -0.3 is 14.9 Å². The highest BCUT2D eigenvalue weighted by Crippen LogP contribution is 2.40. The normalized spacial score (nSPS) is 17.6. The molecule has 4 heterocycles. The molecule has 1 saturated heterocycles. The van der Waals surface area contributed by atoms with E-state index in [9.17, 15) is 27.9 Å². The topological polar surface area (TPSA) is 81.9 Å². The van der Waals surface area contributed by atoms with Gasteiger partial charge in [-0.15, -0.1) is 11.8 Å². The monoisotopic (exact) mass is 627 g/mol. The number of benzene rings is 2. The summed E-state index contributed by atoms with van der Waals surface area (Å²) in [6, 6.07) is 12.1. The number of halogens is 3. The maximum absolute atomic E-state index is 14.0. The molecule has 3 aliphatic rings. The van der Waals surface area contributed by atoms with E-state index in [1.807, 2.05) is 12.1 Å². The van der Waals surface area contributed by atoms with E-state index in [2.05, 4.69) is 17.0 Å². The Bertz CT molecular complexity index is 1530. The summed E-state index contributed by atoms with van der Waals surface area (Å²) >= 11 is 0.895. The molecular weight excluding hydrogens is 591 g/mol. The van der Waals surface area contributed by atoms with Crippen LogP contribution in [-0.2, 0) is 48.4 Å². The third kappa shape index (κ3) is 6.52. The number of alkyl halides is 3. The lowest BCUT2D eigenvalue weighted by Crippen LogP contribution is -2.36. The van der Waals surface area contributed by atoms with Crippen LogP contribution in [0, 0.1) is 0 Å². The molecule has 0 radical (unpaired) electrons. The molecule has 3 aromatic rings. The van der Waals surface area contributed by atoms with Gasteiger partial charge in [-0.3, -0.25) is 19.2 Å². The molecule has 2 aromatic carbocycles.